The van der Waals surface area contributed by atoms with E-state index in [-0.39, 0.29) is 17.2 Å². The van der Waals surface area contributed by atoms with Gasteiger partial charge in [-0.05, 0) is 35.2 Å². The summed E-state index contributed by atoms with van der Waals surface area (Å²) in [5.41, 5.74) is 2.28. The van der Waals surface area contributed by atoms with Gasteiger partial charge in [0.25, 0.3) is 11.8 Å². The summed E-state index contributed by atoms with van der Waals surface area (Å²) < 4.78 is 0. The Kier molecular flexibility index (Phi) is 3.30. The molecule has 0 radical (unpaired) electrons. The fourth-order valence-electron chi connectivity index (χ4n) is 2.70. The number of hydrogen-bond acceptors (Lipinski definition) is 3. The number of carbonyl (C=O) groups is 2. The monoisotopic (exact) mass is 304 g/mol. The van der Waals surface area contributed by atoms with Crippen molar-refractivity contribution in [2.45, 2.75) is 26.2 Å². The van der Waals surface area contributed by atoms with Gasteiger partial charge in [0.2, 0.25) is 0 Å². The Bertz CT molecular complexity index is 835. The number of hydrogen-bond donors (Lipinski definition) is 0. The number of nitrogens with zero attached hydrogens (tertiary/aromatic N) is 2. The number of carbonyl (C=O) groups excluding carboxylic acids is 2. The Morgan fingerprint density at radius 2 is 1.52 bits per heavy atom. The lowest BCUT2D eigenvalue weighted by atomic mass is 9.86. The molecule has 4 heteroatoms. The lowest BCUT2D eigenvalue weighted by Crippen LogP contribution is -2.30. The molecular formula is C19H16N2O2. The summed E-state index contributed by atoms with van der Waals surface area (Å²) in [6.45, 7) is 6.14. The Morgan fingerprint density at radius 3 is 2.00 bits per heavy atom. The molecule has 0 unspecified atom stereocenters. The second-order valence-corrected chi connectivity index (χ2v) is 6.59. The molecule has 2 amide bonds. The number of imide groups is 1. The van der Waals surface area contributed by atoms with Crippen LogP contribution in [0.4, 0.5) is 5.69 Å². The molecule has 114 valence electrons. The quantitative estimate of drug-likeness (QED) is 0.755. The zero-order valence-corrected chi connectivity index (χ0v) is 13.3. The molecule has 0 saturated heterocycles. The van der Waals surface area contributed by atoms with Crippen molar-refractivity contribution in [2.75, 3.05) is 4.90 Å². The van der Waals surface area contributed by atoms with Crippen LogP contribution in [0, 0.1) is 11.3 Å². The molecule has 0 N–H and O–H groups in total. The van der Waals surface area contributed by atoms with Crippen molar-refractivity contribution in [3.05, 3.63) is 64.7 Å². The van der Waals surface area contributed by atoms with E-state index in [1.54, 1.807) is 36.4 Å². The number of fused-ring (bicyclic) bond motifs is 1. The number of benzene rings is 2. The molecule has 1 aliphatic rings. The minimum absolute atomic E-state index is 0.119. The first-order valence-corrected chi connectivity index (χ1v) is 7.37. The Balaban J connectivity index is 2.13. The van der Waals surface area contributed by atoms with Crippen LogP contribution < -0.4 is 4.90 Å². The summed E-state index contributed by atoms with van der Waals surface area (Å²) in [6.07, 6.45) is 0. The van der Waals surface area contributed by atoms with Gasteiger partial charge in [0.1, 0.15) is 6.07 Å². The standard InChI is InChI=1S/C19H16N2O2/c1-19(2,3)13-8-9-16(12(10-13)11-20)21-17(22)14-6-4-5-7-15(14)18(21)23/h4-10H,1-3H3. The van der Waals surface area contributed by atoms with Crippen LogP contribution in [0.15, 0.2) is 42.5 Å². The molecule has 2 aromatic carbocycles. The molecule has 0 aliphatic carbocycles. The molecule has 1 heterocycles. The van der Waals surface area contributed by atoms with Gasteiger partial charge in [-0.2, -0.15) is 5.26 Å². The van der Waals surface area contributed by atoms with Crippen molar-refractivity contribution in [3.8, 4) is 6.07 Å². The maximum Gasteiger partial charge on any atom is 0.266 e. The minimum atomic E-state index is -0.384. The molecule has 23 heavy (non-hydrogen) atoms. The Morgan fingerprint density at radius 1 is 0.957 bits per heavy atom. The van der Waals surface area contributed by atoms with Gasteiger partial charge >= 0.3 is 0 Å². The number of nitriles is 1. The first-order chi connectivity index (χ1) is 10.8. The fourth-order valence-corrected chi connectivity index (χ4v) is 2.70. The first kappa shape index (κ1) is 15.0. The summed E-state index contributed by atoms with van der Waals surface area (Å²) in [7, 11) is 0. The molecule has 0 saturated carbocycles. The third kappa shape index (κ3) is 2.31. The van der Waals surface area contributed by atoms with Crippen molar-refractivity contribution < 1.29 is 9.59 Å². The third-order valence-electron chi connectivity index (χ3n) is 4.02. The minimum Gasteiger partial charge on any atom is -0.268 e. The van der Waals surface area contributed by atoms with Crippen LogP contribution in [-0.2, 0) is 5.41 Å². The van der Waals surface area contributed by atoms with Crippen LogP contribution in [0.2, 0.25) is 0 Å². The van der Waals surface area contributed by atoms with Crippen molar-refractivity contribution in [3.63, 3.8) is 0 Å². The predicted octanol–water partition coefficient (Wildman–Crippen LogP) is 3.66. The molecule has 0 bridgehead atoms. The lowest BCUT2D eigenvalue weighted by Gasteiger charge is -2.22. The van der Waals surface area contributed by atoms with E-state index in [2.05, 4.69) is 6.07 Å². The fraction of sp³-hybridized carbons (Fsp3) is 0.211. The highest BCUT2D eigenvalue weighted by Crippen LogP contribution is 2.33. The van der Waals surface area contributed by atoms with Gasteiger partial charge in [0, 0.05) is 0 Å². The van der Waals surface area contributed by atoms with Crippen molar-refractivity contribution in [1.82, 2.24) is 0 Å². The first-order valence-electron chi connectivity index (χ1n) is 7.37. The zero-order valence-electron chi connectivity index (χ0n) is 13.3. The van der Waals surface area contributed by atoms with Gasteiger partial charge in [-0.25, -0.2) is 4.90 Å². The van der Waals surface area contributed by atoms with Crippen LogP contribution in [0.25, 0.3) is 0 Å². The van der Waals surface area contributed by atoms with Crippen molar-refractivity contribution >= 4 is 17.5 Å². The molecule has 0 atom stereocenters. The zero-order chi connectivity index (χ0) is 16.8. The smallest absolute Gasteiger partial charge is 0.266 e. The van der Waals surface area contributed by atoms with E-state index < -0.39 is 0 Å². The second-order valence-electron chi connectivity index (χ2n) is 6.59. The van der Waals surface area contributed by atoms with Gasteiger partial charge in [-0.1, -0.05) is 39.0 Å². The highest BCUT2D eigenvalue weighted by atomic mass is 16.2. The summed E-state index contributed by atoms with van der Waals surface area (Å²) >= 11 is 0. The molecule has 2 aromatic rings. The van der Waals surface area contributed by atoms with Gasteiger partial charge in [0.15, 0.2) is 0 Å². The van der Waals surface area contributed by atoms with E-state index in [4.69, 9.17) is 0 Å². The summed E-state index contributed by atoms with van der Waals surface area (Å²) in [4.78, 5) is 26.2. The molecule has 0 aromatic heterocycles. The number of amides is 2. The van der Waals surface area contributed by atoms with E-state index >= 15 is 0 Å². The number of anilines is 1. The van der Waals surface area contributed by atoms with E-state index in [1.807, 2.05) is 26.8 Å². The van der Waals surface area contributed by atoms with E-state index in [1.165, 1.54) is 0 Å². The maximum absolute atomic E-state index is 12.6. The Labute approximate surface area is 135 Å². The van der Waals surface area contributed by atoms with Crippen molar-refractivity contribution in [2.24, 2.45) is 0 Å². The van der Waals surface area contributed by atoms with Crippen LogP contribution >= 0.6 is 0 Å². The van der Waals surface area contributed by atoms with Crippen LogP contribution in [0.3, 0.4) is 0 Å². The Hall–Kier alpha value is -2.93. The van der Waals surface area contributed by atoms with Gasteiger partial charge < -0.3 is 0 Å². The van der Waals surface area contributed by atoms with E-state index in [0.717, 1.165) is 10.5 Å². The molecule has 0 fully saturated rings. The predicted molar refractivity (Wildman–Crippen MR) is 87.4 cm³/mol. The van der Waals surface area contributed by atoms with Crippen LogP contribution in [0.1, 0.15) is 52.6 Å². The summed E-state index contributed by atoms with van der Waals surface area (Å²) in [5.74, 6) is -0.767. The maximum atomic E-state index is 12.6. The molecule has 3 rings (SSSR count). The highest BCUT2D eigenvalue weighted by molar-refractivity contribution is 6.34. The van der Waals surface area contributed by atoms with Gasteiger partial charge in [-0.3, -0.25) is 9.59 Å². The van der Waals surface area contributed by atoms with Crippen LogP contribution in [0.5, 0.6) is 0 Å². The highest BCUT2D eigenvalue weighted by Gasteiger charge is 2.37. The van der Waals surface area contributed by atoms with Crippen LogP contribution in [-0.4, -0.2) is 11.8 Å². The van der Waals surface area contributed by atoms with E-state index in [0.29, 0.717) is 22.4 Å². The largest absolute Gasteiger partial charge is 0.268 e. The topological polar surface area (TPSA) is 61.2 Å². The average molecular weight is 304 g/mol. The van der Waals surface area contributed by atoms with E-state index in [9.17, 15) is 14.9 Å². The van der Waals surface area contributed by atoms with Gasteiger partial charge in [-0.15, -0.1) is 0 Å². The summed E-state index contributed by atoms with van der Waals surface area (Å²) in [5, 5.41) is 9.46. The van der Waals surface area contributed by atoms with Gasteiger partial charge in [0.05, 0.1) is 22.4 Å². The second kappa shape index (κ2) is 5.06. The molecule has 1 aliphatic heterocycles. The molecular weight excluding hydrogens is 288 g/mol. The number of rotatable bonds is 1. The third-order valence-corrected chi connectivity index (χ3v) is 4.02. The summed E-state index contributed by atoms with van der Waals surface area (Å²) in [6, 6.07) is 14.1. The van der Waals surface area contributed by atoms with Crippen molar-refractivity contribution in [1.29, 1.82) is 5.26 Å². The molecule has 0 spiro atoms. The normalized spacial score (nSPS) is 13.9. The average Bonchev–Trinajstić information content (AvgIpc) is 2.78. The lowest BCUT2D eigenvalue weighted by molar-refractivity contribution is 0.0926. The SMILES string of the molecule is CC(C)(C)c1ccc(N2C(=O)c3ccccc3C2=O)c(C#N)c1. The molecule has 4 nitrogen and oxygen atoms in total.